The Morgan fingerprint density at radius 3 is 2.44 bits per heavy atom. The molecule has 2 heterocycles. The predicted molar refractivity (Wildman–Crippen MR) is 104 cm³/mol. The van der Waals surface area contributed by atoms with E-state index in [2.05, 4.69) is 16.1 Å². The second-order valence-corrected chi connectivity index (χ2v) is 7.04. The summed E-state index contributed by atoms with van der Waals surface area (Å²) in [6, 6.07) is 7.91. The van der Waals surface area contributed by atoms with Gasteiger partial charge >= 0.3 is 5.97 Å². The Bertz CT molecular complexity index is 956. The minimum absolute atomic E-state index is 0.159. The summed E-state index contributed by atoms with van der Waals surface area (Å²) in [6.07, 6.45) is 1.67. The molecule has 0 saturated heterocycles. The lowest BCUT2D eigenvalue weighted by atomic mass is 10.1. The van der Waals surface area contributed by atoms with Gasteiger partial charge in [-0.2, -0.15) is 5.10 Å². The van der Waals surface area contributed by atoms with Gasteiger partial charge in [0.15, 0.2) is 5.65 Å². The first-order valence-corrected chi connectivity index (χ1v) is 9.08. The summed E-state index contributed by atoms with van der Waals surface area (Å²) in [7, 11) is 0. The number of aromatic nitrogens is 3. The molecule has 0 amide bonds. The number of carbonyl (C=O) groups excluding carboxylic acids is 1. The van der Waals surface area contributed by atoms with Gasteiger partial charge in [-0.05, 0) is 63.9 Å². The molecule has 0 fully saturated rings. The number of rotatable bonds is 6. The fraction of sp³-hybridized carbons (Fsp3) is 0.381. The van der Waals surface area contributed by atoms with Gasteiger partial charge < -0.3 is 9.47 Å². The van der Waals surface area contributed by atoms with E-state index in [0.29, 0.717) is 23.2 Å². The Morgan fingerprint density at radius 1 is 1.07 bits per heavy atom. The van der Waals surface area contributed by atoms with E-state index in [1.54, 1.807) is 12.3 Å². The summed E-state index contributed by atoms with van der Waals surface area (Å²) in [5, 5.41) is 5.06. The van der Waals surface area contributed by atoms with Gasteiger partial charge in [-0.1, -0.05) is 6.07 Å². The zero-order valence-electron chi connectivity index (χ0n) is 16.4. The second kappa shape index (κ2) is 7.78. The van der Waals surface area contributed by atoms with Gasteiger partial charge in [0, 0.05) is 11.7 Å². The van der Waals surface area contributed by atoms with Gasteiger partial charge in [0.1, 0.15) is 19.0 Å². The van der Waals surface area contributed by atoms with Crippen molar-refractivity contribution in [1.82, 2.24) is 14.8 Å². The molecule has 6 heteroatoms. The van der Waals surface area contributed by atoms with Crippen LogP contribution < -0.4 is 4.74 Å². The Labute approximate surface area is 159 Å². The molecule has 0 aliphatic rings. The highest BCUT2D eigenvalue weighted by Gasteiger charge is 2.18. The third kappa shape index (κ3) is 4.27. The van der Waals surface area contributed by atoms with E-state index in [0.717, 1.165) is 22.6 Å². The highest BCUT2D eigenvalue weighted by atomic mass is 16.6. The Morgan fingerprint density at radius 2 is 1.78 bits per heavy atom. The molecular weight excluding hydrogens is 342 g/mol. The third-order valence-corrected chi connectivity index (χ3v) is 4.18. The molecule has 0 N–H and O–H groups in total. The molecule has 3 aromatic rings. The van der Waals surface area contributed by atoms with Crippen LogP contribution in [0.4, 0.5) is 0 Å². The van der Waals surface area contributed by atoms with Crippen LogP contribution in [0.15, 0.2) is 30.5 Å². The molecule has 2 aromatic heterocycles. The van der Waals surface area contributed by atoms with E-state index in [1.807, 2.05) is 51.4 Å². The molecule has 27 heavy (non-hydrogen) atoms. The van der Waals surface area contributed by atoms with Gasteiger partial charge in [-0.15, -0.1) is 0 Å². The zero-order chi connectivity index (χ0) is 19.6. The molecule has 1 aromatic carbocycles. The lowest BCUT2D eigenvalue weighted by molar-refractivity contribution is 0.0452. The molecule has 0 unspecified atom stereocenters. The molecule has 3 rings (SSSR count). The minimum atomic E-state index is -0.391. The van der Waals surface area contributed by atoms with E-state index < -0.39 is 5.97 Å². The van der Waals surface area contributed by atoms with E-state index in [4.69, 9.17) is 9.47 Å². The van der Waals surface area contributed by atoms with Crippen LogP contribution in [-0.2, 0) is 4.74 Å². The first-order chi connectivity index (χ1) is 12.8. The van der Waals surface area contributed by atoms with Crippen molar-refractivity contribution >= 4 is 17.0 Å². The SMILES string of the molecule is Cc1cc(C)cc(OCCOC(=O)c2cc(C)nc3c2cnn3C(C)C)c1. The summed E-state index contributed by atoms with van der Waals surface area (Å²) < 4.78 is 12.9. The maximum atomic E-state index is 12.6. The van der Waals surface area contributed by atoms with Crippen molar-refractivity contribution in [1.29, 1.82) is 0 Å². The van der Waals surface area contributed by atoms with Crippen LogP contribution in [-0.4, -0.2) is 33.9 Å². The zero-order valence-corrected chi connectivity index (χ0v) is 16.4. The number of pyridine rings is 1. The van der Waals surface area contributed by atoms with Crippen molar-refractivity contribution in [3.63, 3.8) is 0 Å². The lowest BCUT2D eigenvalue weighted by Gasteiger charge is -2.10. The molecule has 0 bridgehead atoms. The Hall–Kier alpha value is -2.89. The number of esters is 1. The summed E-state index contributed by atoms with van der Waals surface area (Å²) in [6.45, 7) is 10.4. The largest absolute Gasteiger partial charge is 0.490 e. The third-order valence-electron chi connectivity index (χ3n) is 4.18. The number of carbonyl (C=O) groups is 1. The normalized spacial score (nSPS) is 11.2. The van der Waals surface area contributed by atoms with Crippen LogP contribution in [0.25, 0.3) is 11.0 Å². The van der Waals surface area contributed by atoms with Crippen LogP contribution in [0.1, 0.15) is 47.1 Å². The van der Waals surface area contributed by atoms with Crippen molar-refractivity contribution in [2.24, 2.45) is 0 Å². The van der Waals surface area contributed by atoms with Gasteiger partial charge in [-0.3, -0.25) is 0 Å². The molecule has 0 saturated carbocycles. The van der Waals surface area contributed by atoms with E-state index >= 15 is 0 Å². The number of fused-ring (bicyclic) bond motifs is 1. The molecule has 6 nitrogen and oxygen atoms in total. The van der Waals surface area contributed by atoms with Crippen molar-refractivity contribution < 1.29 is 14.3 Å². The molecular formula is C21H25N3O3. The van der Waals surface area contributed by atoms with Crippen molar-refractivity contribution in [2.45, 2.75) is 40.7 Å². The van der Waals surface area contributed by atoms with Crippen LogP contribution >= 0.6 is 0 Å². The molecule has 0 atom stereocenters. The summed E-state index contributed by atoms with van der Waals surface area (Å²) in [5.41, 5.74) is 4.21. The van der Waals surface area contributed by atoms with Crippen LogP contribution in [0.5, 0.6) is 5.75 Å². The number of ether oxygens (including phenoxy) is 2. The van der Waals surface area contributed by atoms with Gasteiger partial charge in [0.2, 0.25) is 0 Å². The fourth-order valence-corrected chi connectivity index (χ4v) is 3.08. The summed E-state index contributed by atoms with van der Waals surface area (Å²) in [5.74, 6) is 0.390. The fourth-order valence-electron chi connectivity index (χ4n) is 3.08. The maximum Gasteiger partial charge on any atom is 0.339 e. The van der Waals surface area contributed by atoms with Crippen LogP contribution in [0.3, 0.4) is 0 Å². The number of aryl methyl sites for hydroxylation is 3. The number of benzene rings is 1. The Balaban J connectivity index is 1.67. The monoisotopic (exact) mass is 367 g/mol. The van der Waals surface area contributed by atoms with E-state index in [-0.39, 0.29) is 12.6 Å². The molecule has 0 spiro atoms. The van der Waals surface area contributed by atoms with Crippen molar-refractivity contribution in [3.8, 4) is 5.75 Å². The average Bonchev–Trinajstić information content (AvgIpc) is 3.00. The molecule has 0 aliphatic heterocycles. The number of hydrogen-bond acceptors (Lipinski definition) is 5. The average molecular weight is 367 g/mol. The van der Waals surface area contributed by atoms with Gasteiger partial charge in [0.25, 0.3) is 0 Å². The number of nitrogens with zero attached hydrogens (tertiary/aromatic N) is 3. The smallest absolute Gasteiger partial charge is 0.339 e. The highest BCUT2D eigenvalue weighted by molar-refractivity contribution is 6.02. The quantitative estimate of drug-likeness (QED) is 0.483. The van der Waals surface area contributed by atoms with Gasteiger partial charge in [0.05, 0.1) is 17.1 Å². The Kier molecular flexibility index (Phi) is 5.44. The molecule has 0 radical (unpaired) electrons. The van der Waals surface area contributed by atoms with Crippen molar-refractivity contribution in [2.75, 3.05) is 13.2 Å². The lowest BCUT2D eigenvalue weighted by Crippen LogP contribution is -2.13. The first kappa shape index (κ1) is 18.9. The number of hydrogen-bond donors (Lipinski definition) is 0. The summed E-state index contributed by atoms with van der Waals surface area (Å²) in [4.78, 5) is 17.1. The van der Waals surface area contributed by atoms with Gasteiger partial charge in [-0.25, -0.2) is 14.5 Å². The summed E-state index contributed by atoms with van der Waals surface area (Å²) >= 11 is 0. The second-order valence-electron chi connectivity index (χ2n) is 7.04. The topological polar surface area (TPSA) is 66.2 Å². The van der Waals surface area contributed by atoms with E-state index in [1.165, 1.54) is 0 Å². The maximum absolute atomic E-state index is 12.6. The predicted octanol–water partition coefficient (Wildman–Crippen LogP) is 4.17. The first-order valence-electron chi connectivity index (χ1n) is 9.08. The molecule has 0 aliphatic carbocycles. The van der Waals surface area contributed by atoms with Crippen LogP contribution in [0.2, 0.25) is 0 Å². The van der Waals surface area contributed by atoms with Crippen molar-refractivity contribution in [3.05, 3.63) is 52.8 Å². The highest BCUT2D eigenvalue weighted by Crippen LogP contribution is 2.22. The minimum Gasteiger partial charge on any atom is -0.490 e. The van der Waals surface area contributed by atoms with Crippen LogP contribution in [0, 0.1) is 20.8 Å². The van der Waals surface area contributed by atoms with E-state index in [9.17, 15) is 4.79 Å². The molecule has 142 valence electrons. The standard InChI is InChI=1S/C21H25N3O3/c1-13(2)24-20-19(12-22-24)18(11-16(5)23-20)21(25)27-7-6-26-17-9-14(3)8-15(4)10-17/h8-13H,6-7H2,1-5H3.